The lowest BCUT2D eigenvalue weighted by molar-refractivity contribution is 0.218. The molecular weight excluding hydrogens is 276 g/mol. The maximum absolute atomic E-state index is 11.9. The molecule has 0 aliphatic carbocycles. The molecule has 20 heavy (non-hydrogen) atoms. The van der Waals surface area contributed by atoms with Gasteiger partial charge >= 0.3 is 0 Å². The van der Waals surface area contributed by atoms with Crippen molar-refractivity contribution in [2.24, 2.45) is 5.92 Å². The Morgan fingerprint density at radius 3 is 2.55 bits per heavy atom. The fourth-order valence-corrected chi connectivity index (χ4v) is 3.10. The zero-order valence-electron chi connectivity index (χ0n) is 12.0. The van der Waals surface area contributed by atoms with Crippen LogP contribution in [0.25, 0.3) is 0 Å². The number of sulfonamides is 1. The number of rotatable bonds is 5. The van der Waals surface area contributed by atoms with Gasteiger partial charge < -0.3 is 10.1 Å². The maximum Gasteiger partial charge on any atom is 0.242 e. The summed E-state index contributed by atoms with van der Waals surface area (Å²) in [5.74, 6) is 1.25. The summed E-state index contributed by atoms with van der Waals surface area (Å²) in [5.41, 5.74) is 0. The Labute approximate surface area is 121 Å². The quantitative estimate of drug-likeness (QED) is 0.890. The van der Waals surface area contributed by atoms with Crippen molar-refractivity contribution in [2.45, 2.75) is 17.7 Å². The fourth-order valence-electron chi connectivity index (χ4n) is 2.20. The first-order chi connectivity index (χ1) is 9.50. The van der Waals surface area contributed by atoms with E-state index >= 15 is 0 Å². The van der Waals surface area contributed by atoms with Gasteiger partial charge in [0.05, 0.1) is 11.5 Å². The lowest BCUT2D eigenvalue weighted by Gasteiger charge is -2.22. The first-order valence-corrected chi connectivity index (χ1v) is 8.30. The van der Waals surface area contributed by atoms with E-state index in [9.17, 15) is 8.42 Å². The molecule has 1 atom stereocenters. The molecule has 5 nitrogen and oxygen atoms in total. The highest BCUT2D eigenvalue weighted by molar-refractivity contribution is 7.89. The van der Waals surface area contributed by atoms with E-state index in [2.05, 4.69) is 5.32 Å². The van der Waals surface area contributed by atoms with Crippen LogP contribution >= 0.6 is 0 Å². The second-order valence-corrected chi connectivity index (χ2v) is 7.43. The molecule has 6 heteroatoms. The van der Waals surface area contributed by atoms with Crippen LogP contribution in [0.4, 0.5) is 0 Å². The van der Waals surface area contributed by atoms with Gasteiger partial charge in [-0.25, -0.2) is 12.7 Å². The van der Waals surface area contributed by atoms with E-state index in [1.54, 1.807) is 24.3 Å². The van der Waals surface area contributed by atoms with E-state index in [0.29, 0.717) is 18.3 Å². The van der Waals surface area contributed by atoms with Gasteiger partial charge in [-0.15, -0.1) is 0 Å². The van der Waals surface area contributed by atoms with Crippen molar-refractivity contribution in [1.29, 1.82) is 0 Å². The average Bonchev–Trinajstić information content (AvgIpc) is 2.46. The first kappa shape index (κ1) is 15.3. The van der Waals surface area contributed by atoms with Gasteiger partial charge in [-0.2, -0.15) is 0 Å². The van der Waals surface area contributed by atoms with Crippen LogP contribution in [0.2, 0.25) is 0 Å². The van der Waals surface area contributed by atoms with Crippen molar-refractivity contribution in [1.82, 2.24) is 9.62 Å². The maximum atomic E-state index is 11.9. The number of piperidine rings is 1. The molecule has 0 radical (unpaired) electrons. The van der Waals surface area contributed by atoms with Crippen LogP contribution in [0.3, 0.4) is 0 Å². The number of benzene rings is 1. The first-order valence-electron chi connectivity index (χ1n) is 6.86. The molecule has 1 N–H and O–H groups in total. The lowest BCUT2D eigenvalue weighted by Crippen LogP contribution is -2.33. The summed E-state index contributed by atoms with van der Waals surface area (Å²) in [5, 5.41) is 3.35. The molecule has 0 saturated carbocycles. The Morgan fingerprint density at radius 1 is 1.30 bits per heavy atom. The number of hydrogen-bond acceptors (Lipinski definition) is 4. The largest absolute Gasteiger partial charge is 0.493 e. The fraction of sp³-hybridized carbons (Fsp3) is 0.571. The van der Waals surface area contributed by atoms with Gasteiger partial charge in [0.25, 0.3) is 0 Å². The van der Waals surface area contributed by atoms with E-state index in [-0.39, 0.29) is 4.90 Å². The van der Waals surface area contributed by atoms with Crippen molar-refractivity contribution >= 4 is 10.0 Å². The monoisotopic (exact) mass is 298 g/mol. The van der Waals surface area contributed by atoms with Crippen molar-refractivity contribution in [3.63, 3.8) is 0 Å². The van der Waals surface area contributed by atoms with Crippen molar-refractivity contribution in [2.75, 3.05) is 33.8 Å². The third kappa shape index (κ3) is 3.71. The molecule has 1 saturated heterocycles. The highest BCUT2D eigenvalue weighted by atomic mass is 32.2. The van der Waals surface area contributed by atoms with E-state index < -0.39 is 10.0 Å². The third-order valence-electron chi connectivity index (χ3n) is 3.49. The summed E-state index contributed by atoms with van der Waals surface area (Å²) in [6.07, 6.45) is 2.37. The van der Waals surface area contributed by atoms with Crippen molar-refractivity contribution in [3.05, 3.63) is 24.3 Å². The van der Waals surface area contributed by atoms with Crippen LogP contribution in [-0.4, -0.2) is 46.5 Å². The molecule has 1 aromatic rings. The second-order valence-electron chi connectivity index (χ2n) is 5.28. The standard InChI is InChI=1S/C14H22N2O3S/c1-16(2)20(17,18)14-7-5-13(6-8-14)19-11-12-4-3-9-15-10-12/h5-8,12,15H,3-4,9-11H2,1-2H3/t12-/m1/s1. The molecule has 0 aromatic heterocycles. The minimum absolute atomic E-state index is 0.286. The average molecular weight is 298 g/mol. The van der Waals surface area contributed by atoms with Crippen LogP contribution < -0.4 is 10.1 Å². The van der Waals surface area contributed by atoms with E-state index in [0.717, 1.165) is 13.1 Å². The Hall–Kier alpha value is -1.11. The molecule has 2 rings (SSSR count). The highest BCUT2D eigenvalue weighted by Gasteiger charge is 2.17. The lowest BCUT2D eigenvalue weighted by atomic mass is 10.0. The Balaban J connectivity index is 1.94. The number of hydrogen-bond donors (Lipinski definition) is 1. The highest BCUT2D eigenvalue weighted by Crippen LogP contribution is 2.19. The molecule has 1 heterocycles. The molecule has 1 fully saturated rings. The number of nitrogens with zero attached hydrogens (tertiary/aromatic N) is 1. The summed E-state index contributed by atoms with van der Waals surface area (Å²) in [7, 11) is -0.314. The summed E-state index contributed by atoms with van der Waals surface area (Å²) in [4.78, 5) is 0.286. The van der Waals surface area contributed by atoms with Crippen LogP contribution in [0.5, 0.6) is 5.75 Å². The van der Waals surface area contributed by atoms with Gasteiger partial charge in [0, 0.05) is 26.6 Å². The second kappa shape index (κ2) is 6.56. The molecule has 0 bridgehead atoms. The topological polar surface area (TPSA) is 58.6 Å². The van der Waals surface area contributed by atoms with Gasteiger partial charge in [0.1, 0.15) is 5.75 Å². The molecule has 1 aliphatic heterocycles. The van der Waals surface area contributed by atoms with Crippen molar-refractivity contribution < 1.29 is 13.2 Å². The molecule has 1 aromatic carbocycles. The summed E-state index contributed by atoms with van der Waals surface area (Å²) < 4.78 is 30.8. The minimum Gasteiger partial charge on any atom is -0.493 e. The number of ether oxygens (including phenoxy) is 1. The van der Waals surface area contributed by atoms with Crippen LogP contribution in [-0.2, 0) is 10.0 Å². The van der Waals surface area contributed by atoms with Crippen LogP contribution in [0.1, 0.15) is 12.8 Å². The van der Waals surface area contributed by atoms with Gasteiger partial charge in [-0.05, 0) is 43.7 Å². The summed E-state index contributed by atoms with van der Waals surface area (Å²) >= 11 is 0. The van der Waals surface area contributed by atoms with Crippen LogP contribution in [0, 0.1) is 5.92 Å². The minimum atomic E-state index is -3.36. The predicted molar refractivity (Wildman–Crippen MR) is 78.4 cm³/mol. The number of nitrogens with one attached hydrogen (secondary N) is 1. The van der Waals surface area contributed by atoms with Gasteiger partial charge in [0.15, 0.2) is 0 Å². The van der Waals surface area contributed by atoms with Crippen LogP contribution in [0.15, 0.2) is 29.2 Å². The van der Waals surface area contributed by atoms with E-state index in [1.807, 2.05) is 0 Å². The van der Waals surface area contributed by atoms with E-state index in [4.69, 9.17) is 4.74 Å². The Kier molecular flexibility index (Phi) is 5.01. The summed E-state index contributed by atoms with van der Waals surface area (Å²) in [6.45, 7) is 2.76. The molecule has 0 spiro atoms. The molecule has 112 valence electrons. The van der Waals surface area contributed by atoms with Gasteiger partial charge in [-0.3, -0.25) is 0 Å². The molecular formula is C14H22N2O3S. The summed E-state index contributed by atoms with van der Waals surface area (Å²) in [6, 6.07) is 6.60. The van der Waals surface area contributed by atoms with Gasteiger partial charge in [-0.1, -0.05) is 0 Å². The SMILES string of the molecule is CN(C)S(=O)(=O)c1ccc(OC[C@@H]2CCCNC2)cc1. The zero-order chi connectivity index (χ0) is 14.6. The van der Waals surface area contributed by atoms with Gasteiger partial charge in [0.2, 0.25) is 10.0 Å². The molecule has 0 amide bonds. The molecule has 1 aliphatic rings. The predicted octanol–water partition coefficient (Wildman–Crippen LogP) is 1.32. The van der Waals surface area contributed by atoms with Crippen molar-refractivity contribution in [3.8, 4) is 5.75 Å². The Bertz CT molecular complexity index is 520. The smallest absolute Gasteiger partial charge is 0.242 e. The molecule has 0 unspecified atom stereocenters. The van der Waals surface area contributed by atoms with E-state index in [1.165, 1.54) is 31.2 Å². The third-order valence-corrected chi connectivity index (χ3v) is 5.32. The Morgan fingerprint density at radius 2 is 2.00 bits per heavy atom. The normalized spacial score (nSPS) is 20.1. The zero-order valence-corrected chi connectivity index (χ0v) is 12.8.